The van der Waals surface area contributed by atoms with Crippen LogP contribution in [0.5, 0.6) is 11.5 Å². The third-order valence-corrected chi connectivity index (χ3v) is 7.74. The molecule has 0 aliphatic carbocycles. The number of ether oxygens (including phenoxy) is 2. The molecule has 0 unspecified atom stereocenters. The van der Waals surface area contributed by atoms with E-state index < -0.39 is 5.82 Å². The minimum atomic E-state index is -0.462. The number of H-pyrrole nitrogens is 1. The first-order chi connectivity index (χ1) is 19.6. The highest BCUT2D eigenvalue weighted by Gasteiger charge is 2.26. The first kappa shape index (κ1) is 25.9. The quantitative estimate of drug-likeness (QED) is 0.284. The minimum Gasteiger partial charge on any atom is -0.457 e. The zero-order valence-electron chi connectivity index (χ0n) is 22.1. The van der Waals surface area contributed by atoms with Crippen LogP contribution in [0.15, 0.2) is 61.7 Å². The van der Waals surface area contributed by atoms with Crippen LogP contribution in [0.1, 0.15) is 48.8 Å². The number of carbonyl (C=O) groups is 1. The maximum atomic E-state index is 15.3. The van der Waals surface area contributed by atoms with E-state index in [-0.39, 0.29) is 17.5 Å². The lowest BCUT2D eigenvalue weighted by Gasteiger charge is -2.31. The van der Waals surface area contributed by atoms with Gasteiger partial charge < -0.3 is 24.7 Å². The number of benzene rings is 1. The van der Waals surface area contributed by atoms with Crippen molar-refractivity contribution in [1.82, 2.24) is 24.8 Å². The number of likely N-dealkylation sites (tertiary alicyclic amines) is 1. The summed E-state index contributed by atoms with van der Waals surface area (Å²) in [6.07, 6.45) is 9.95. The number of aromatic amines is 1. The van der Waals surface area contributed by atoms with Crippen molar-refractivity contribution in [1.29, 1.82) is 0 Å². The number of amides is 1. The van der Waals surface area contributed by atoms with Crippen LogP contribution in [0, 0.1) is 5.82 Å². The first-order valence-corrected chi connectivity index (χ1v) is 13.6. The number of fused-ring (bicyclic) bond motifs is 1. The number of pyridine rings is 1. The molecule has 206 valence electrons. The van der Waals surface area contributed by atoms with Crippen molar-refractivity contribution in [2.45, 2.75) is 37.5 Å². The molecule has 4 aromatic rings. The van der Waals surface area contributed by atoms with Crippen LogP contribution in [0.4, 0.5) is 15.9 Å². The molecule has 2 N–H and O–H groups in total. The van der Waals surface area contributed by atoms with Gasteiger partial charge in [0, 0.05) is 62.4 Å². The molecule has 2 fully saturated rings. The highest BCUT2D eigenvalue weighted by Crippen LogP contribution is 2.37. The van der Waals surface area contributed by atoms with Crippen molar-refractivity contribution in [3.63, 3.8) is 0 Å². The molecular weight excluding hydrogens is 511 g/mol. The molecule has 1 aromatic carbocycles. The molecule has 6 rings (SSSR count). The summed E-state index contributed by atoms with van der Waals surface area (Å²) in [5.74, 6) is 1.58. The number of halogens is 1. The van der Waals surface area contributed by atoms with Crippen molar-refractivity contribution in [2.24, 2.45) is 0 Å². The number of carbonyl (C=O) groups excluding carboxylic acids is 1. The molecule has 40 heavy (non-hydrogen) atoms. The molecule has 9 nitrogen and oxygen atoms in total. The second-order valence-electron chi connectivity index (χ2n) is 10.2. The molecule has 0 radical (unpaired) electrons. The summed E-state index contributed by atoms with van der Waals surface area (Å²) in [6.45, 7) is 6.36. The Hall–Kier alpha value is -4.31. The number of aromatic nitrogens is 4. The molecule has 0 saturated carbocycles. The van der Waals surface area contributed by atoms with Gasteiger partial charge in [0.05, 0.1) is 11.1 Å². The monoisotopic (exact) mass is 542 g/mol. The van der Waals surface area contributed by atoms with Gasteiger partial charge in [-0.05, 0) is 61.4 Å². The Kier molecular flexibility index (Phi) is 7.41. The van der Waals surface area contributed by atoms with Gasteiger partial charge in [-0.25, -0.2) is 14.4 Å². The number of rotatable bonds is 7. The van der Waals surface area contributed by atoms with Gasteiger partial charge >= 0.3 is 0 Å². The maximum Gasteiger partial charge on any atom is 0.245 e. The van der Waals surface area contributed by atoms with E-state index in [1.165, 1.54) is 18.5 Å². The summed E-state index contributed by atoms with van der Waals surface area (Å²) in [5, 5.41) is 3.99. The van der Waals surface area contributed by atoms with Crippen molar-refractivity contribution in [2.75, 3.05) is 31.6 Å². The van der Waals surface area contributed by atoms with Crippen molar-refractivity contribution >= 4 is 28.4 Å². The largest absolute Gasteiger partial charge is 0.457 e. The molecular formula is C30H31FN6O3. The molecule has 0 bridgehead atoms. The summed E-state index contributed by atoms with van der Waals surface area (Å²) >= 11 is 0. The molecule has 0 spiro atoms. The summed E-state index contributed by atoms with van der Waals surface area (Å²) in [5.41, 5.74) is 2.98. The molecule has 2 saturated heterocycles. The van der Waals surface area contributed by atoms with E-state index in [1.54, 1.807) is 24.4 Å². The Morgan fingerprint density at radius 1 is 1.07 bits per heavy atom. The van der Waals surface area contributed by atoms with E-state index in [1.807, 2.05) is 17.2 Å². The molecule has 1 amide bonds. The normalized spacial score (nSPS) is 16.7. The minimum absolute atomic E-state index is 0.0466. The summed E-state index contributed by atoms with van der Waals surface area (Å²) in [7, 11) is 0. The second kappa shape index (κ2) is 11.4. The van der Waals surface area contributed by atoms with Crippen LogP contribution in [0.25, 0.3) is 11.0 Å². The second-order valence-corrected chi connectivity index (χ2v) is 10.2. The van der Waals surface area contributed by atoms with E-state index >= 15 is 4.39 Å². The van der Waals surface area contributed by atoms with Crippen LogP contribution in [0.2, 0.25) is 0 Å². The lowest BCUT2D eigenvalue weighted by atomic mass is 9.89. The molecule has 10 heteroatoms. The fraction of sp³-hybridized carbons (Fsp3) is 0.333. The number of hydrogen-bond acceptors (Lipinski definition) is 7. The Balaban J connectivity index is 1.19. The predicted octanol–water partition coefficient (Wildman–Crippen LogP) is 5.81. The number of anilines is 2. The average molecular weight is 543 g/mol. The Morgan fingerprint density at radius 3 is 2.65 bits per heavy atom. The van der Waals surface area contributed by atoms with Crippen molar-refractivity contribution in [3.05, 3.63) is 78.8 Å². The SMILES string of the molecule is C=CC(=O)N1CCC(c2c[nH]c3ncnc(Nc4ccc(Oc5ccnc(C6CCOCC6)c5)cc4F)c23)CC1. The fourth-order valence-electron chi connectivity index (χ4n) is 5.58. The topological polar surface area (TPSA) is 105 Å². The molecule has 2 aliphatic rings. The van der Waals surface area contributed by atoms with Crippen molar-refractivity contribution in [3.8, 4) is 11.5 Å². The highest BCUT2D eigenvalue weighted by atomic mass is 19.1. The van der Waals surface area contributed by atoms with Gasteiger partial charge in [-0.2, -0.15) is 0 Å². The van der Waals surface area contributed by atoms with Crippen LogP contribution in [-0.2, 0) is 9.53 Å². The van der Waals surface area contributed by atoms with Gasteiger partial charge in [-0.15, -0.1) is 0 Å². The van der Waals surface area contributed by atoms with E-state index in [2.05, 4.69) is 31.8 Å². The zero-order valence-corrected chi connectivity index (χ0v) is 22.1. The third kappa shape index (κ3) is 5.40. The summed E-state index contributed by atoms with van der Waals surface area (Å²) in [4.78, 5) is 30.3. The first-order valence-electron chi connectivity index (χ1n) is 13.6. The zero-order chi connectivity index (χ0) is 27.5. The van der Waals surface area contributed by atoms with Gasteiger partial charge in [0.2, 0.25) is 5.91 Å². The number of hydrogen-bond donors (Lipinski definition) is 2. The van der Waals surface area contributed by atoms with Gasteiger partial charge in [-0.3, -0.25) is 9.78 Å². The van der Waals surface area contributed by atoms with E-state index in [9.17, 15) is 4.79 Å². The smallest absolute Gasteiger partial charge is 0.245 e. The summed E-state index contributed by atoms with van der Waals surface area (Å²) in [6, 6.07) is 8.42. The highest BCUT2D eigenvalue weighted by molar-refractivity contribution is 5.92. The van der Waals surface area contributed by atoms with Crippen LogP contribution >= 0.6 is 0 Å². The van der Waals surface area contributed by atoms with E-state index in [0.717, 1.165) is 55.5 Å². The molecule has 5 heterocycles. The lowest BCUT2D eigenvalue weighted by molar-refractivity contribution is -0.127. The standard InChI is InChI=1S/C30H31FN6O3/c1-2-27(38)37-11-6-19(7-12-37)23-17-33-29-28(23)30(35-18-34-29)36-25-4-3-21(15-24(25)31)40-22-5-10-32-26(16-22)20-8-13-39-14-9-20/h2-5,10,15-20H,1,6-9,11-14H2,(H2,33,34,35,36). The number of nitrogens with one attached hydrogen (secondary N) is 2. The van der Waals surface area contributed by atoms with Gasteiger partial charge in [0.1, 0.15) is 35.1 Å². The molecule has 3 aromatic heterocycles. The number of nitrogens with zero attached hydrogens (tertiary/aromatic N) is 4. The van der Waals surface area contributed by atoms with Crippen LogP contribution in [0.3, 0.4) is 0 Å². The Labute approximate surface area is 231 Å². The van der Waals surface area contributed by atoms with Gasteiger partial charge in [-0.1, -0.05) is 6.58 Å². The summed E-state index contributed by atoms with van der Waals surface area (Å²) < 4.78 is 26.7. The molecule has 0 atom stereocenters. The predicted molar refractivity (Wildman–Crippen MR) is 149 cm³/mol. The van der Waals surface area contributed by atoms with Crippen LogP contribution < -0.4 is 10.1 Å². The fourth-order valence-corrected chi connectivity index (χ4v) is 5.58. The Bertz CT molecular complexity index is 1530. The van der Waals surface area contributed by atoms with E-state index in [4.69, 9.17) is 9.47 Å². The van der Waals surface area contributed by atoms with Crippen molar-refractivity contribution < 1.29 is 18.7 Å². The lowest BCUT2D eigenvalue weighted by Crippen LogP contribution is -2.36. The van der Waals surface area contributed by atoms with Gasteiger partial charge in [0.15, 0.2) is 0 Å². The Morgan fingerprint density at radius 2 is 1.88 bits per heavy atom. The third-order valence-electron chi connectivity index (χ3n) is 7.74. The maximum absolute atomic E-state index is 15.3. The average Bonchev–Trinajstić information content (AvgIpc) is 3.44. The van der Waals surface area contributed by atoms with Crippen LogP contribution in [-0.4, -0.2) is 57.0 Å². The number of piperidine rings is 1. The van der Waals surface area contributed by atoms with E-state index in [0.29, 0.717) is 42.0 Å². The van der Waals surface area contributed by atoms with Gasteiger partial charge in [0.25, 0.3) is 0 Å². The molecule has 2 aliphatic heterocycles.